The Kier molecular flexibility index (Phi) is 8.13. The molecule has 0 saturated carbocycles. The van der Waals surface area contributed by atoms with E-state index in [1.54, 1.807) is 4.90 Å². The quantitative estimate of drug-likeness (QED) is 0.672. The van der Waals surface area contributed by atoms with Crippen LogP contribution in [0, 0.1) is 5.41 Å². The van der Waals surface area contributed by atoms with E-state index in [0.29, 0.717) is 13.1 Å². The average Bonchev–Trinajstić information content (AvgIpc) is 2.31. The highest BCUT2D eigenvalue weighted by Gasteiger charge is 2.20. The molecule has 0 heterocycles. The van der Waals surface area contributed by atoms with Crippen molar-refractivity contribution in [3.63, 3.8) is 0 Å². The second kappa shape index (κ2) is 8.47. The first-order valence-corrected chi connectivity index (χ1v) is 7.41. The molecule has 0 aliphatic carbocycles. The van der Waals surface area contributed by atoms with Gasteiger partial charge in [-0.2, -0.15) is 0 Å². The van der Waals surface area contributed by atoms with Gasteiger partial charge in [0.25, 0.3) is 0 Å². The van der Waals surface area contributed by atoms with Gasteiger partial charge in [-0.15, -0.1) is 0 Å². The molecule has 120 valence electrons. The topological polar surface area (TPSA) is 61.8 Å². The molecule has 0 spiro atoms. The van der Waals surface area contributed by atoms with Crippen LogP contribution in [-0.4, -0.2) is 54.5 Å². The lowest BCUT2D eigenvalue weighted by molar-refractivity contribution is 0.0258. The molecule has 0 atom stereocenters. The number of aliphatic hydroxyl groups is 1. The van der Waals surface area contributed by atoms with Gasteiger partial charge >= 0.3 is 6.09 Å². The van der Waals surface area contributed by atoms with Gasteiger partial charge in [0.05, 0.1) is 0 Å². The van der Waals surface area contributed by atoms with Crippen molar-refractivity contribution >= 4 is 6.09 Å². The van der Waals surface area contributed by atoms with Gasteiger partial charge in [0.1, 0.15) is 5.60 Å². The Morgan fingerprint density at radius 1 is 1.25 bits per heavy atom. The molecule has 20 heavy (non-hydrogen) atoms. The minimum atomic E-state index is -0.450. The van der Waals surface area contributed by atoms with E-state index in [1.807, 2.05) is 41.5 Å². The minimum absolute atomic E-state index is 0.102. The van der Waals surface area contributed by atoms with Gasteiger partial charge in [-0.05, 0) is 40.7 Å². The van der Waals surface area contributed by atoms with Crippen LogP contribution in [0.3, 0.4) is 0 Å². The van der Waals surface area contributed by atoms with Crippen molar-refractivity contribution < 1.29 is 14.6 Å². The van der Waals surface area contributed by atoms with E-state index in [1.165, 1.54) is 0 Å². The standard InChI is InChI=1S/C15H32N2O3/c1-7-17(13(19)20-14(2,3)4)10-8-9-16-11-15(5,6)12-18/h16,18H,7-12H2,1-6H3. The molecule has 2 N–H and O–H groups in total. The lowest BCUT2D eigenvalue weighted by Gasteiger charge is -2.27. The fourth-order valence-electron chi connectivity index (χ4n) is 1.58. The number of nitrogens with zero attached hydrogens (tertiary/aromatic N) is 1. The van der Waals surface area contributed by atoms with E-state index in [-0.39, 0.29) is 18.1 Å². The number of aliphatic hydroxyl groups excluding tert-OH is 1. The molecule has 5 heteroatoms. The van der Waals surface area contributed by atoms with Crippen molar-refractivity contribution in [3.05, 3.63) is 0 Å². The summed E-state index contributed by atoms with van der Waals surface area (Å²) in [6.45, 7) is 14.7. The van der Waals surface area contributed by atoms with Crippen LogP contribution in [0.4, 0.5) is 4.79 Å². The Bertz CT molecular complexity index is 285. The first-order chi connectivity index (χ1) is 9.11. The molecule has 0 aliphatic heterocycles. The van der Waals surface area contributed by atoms with Crippen molar-refractivity contribution in [2.45, 2.75) is 53.6 Å². The predicted octanol–water partition coefficient (Wildman–Crippen LogP) is 2.24. The summed E-state index contributed by atoms with van der Waals surface area (Å²) < 4.78 is 5.35. The highest BCUT2D eigenvalue weighted by molar-refractivity contribution is 5.68. The Morgan fingerprint density at radius 2 is 1.85 bits per heavy atom. The van der Waals surface area contributed by atoms with Gasteiger partial charge in [0, 0.05) is 31.7 Å². The molecule has 0 aromatic heterocycles. The number of rotatable bonds is 8. The average molecular weight is 288 g/mol. The molecule has 0 unspecified atom stereocenters. The van der Waals surface area contributed by atoms with Crippen LogP contribution in [0.25, 0.3) is 0 Å². The summed E-state index contributed by atoms with van der Waals surface area (Å²) in [6.07, 6.45) is 0.616. The molecule has 0 bridgehead atoms. The zero-order valence-corrected chi connectivity index (χ0v) is 14.0. The van der Waals surface area contributed by atoms with Crippen molar-refractivity contribution in [3.8, 4) is 0 Å². The SMILES string of the molecule is CCN(CCCNCC(C)(C)CO)C(=O)OC(C)(C)C. The molecular formula is C15H32N2O3. The summed E-state index contributed by atoms with van der Waals surface area (Å²) in [6, 6.07) is 0. The van der Waals surface area contributed by atoms with Crippen molar-refractivity contribution in [1.82, 2.24) is 10.2 Å². The van der Waals surface area contributed by atoms with E-state index in [0.717, 1.165) is 19.5 Å². The van der Waals surface area contributed by atoms with Crippen LogP contribution in [0.2, 0.25) is 0 Å². The lowest BCUT2D eigenvalue weighted by atomic mass is 9.95. The number of hydrogen-bond acceptors (Lipinski definition) is 4. The fraction of sp³-hybridized carbons (Fsp3) is 0.933. The van der Waals surface area contributed by atoms with Crippen LogP contribution < -0.4 is 5.32 Å². The highest BCUT2D eigenvalue weighted by Crippen LogP contribution is 2.11. The first kappa shape index (κ1) is 19.2. The van der Waals surface area contributed by atoms with E-state index in [2.05, 4.69) is 5.32 Å². The van der Waals surface area contributed by atoms with Crippen molar-refractivity contribution in [2.75, 3.05) is 32.8 Å². The second-order valence-electron chi connectivity index (χ2n) is 6.91. The molecule has 0 aliphatic rings. The number of hydrogen-bond donors (Lipinski definition) is 2. The molecule has 0 rings (SSSR count). The summed E-state index contributed by atoms with van der Waals surface area (Å²) in [7, 11) is 0. The third-order valence-corrected chi connectivity index (χ3v) is 2.85. The first-order valence-electron chi connectivity index (χ1n) is 7.41. The normalized spacial score (nSPS) is 12.3. The zero-order valence-electron chi connectivity index (χ0n) is 14.0. The lowest BCUT2D eigenvalue weighted by Crippen LogP contribution is -2.39. The maximum absolute atomic E-state index is 11.9. The maximum atomic E-state index is 11.9. The molecule has 5 nitrogen and oxygen atoms in total. The van der Waals surface area contributed by atoms with Gasteiger partial charge in [0.2, 0.25) is 0 Å². The van der Waals surface area contributed by atoms with Gasteiger partial charge in [-0.25, -0.2) is 4.79 Å². The predicted molar refractivity (Wildman–Crippen MR) is 81.8 cm³/mol. The number of carbonyl (C=O) groups excluding carboxylic acids is 1. The van der Waals surface area contributed by atoms with Crippen LogP contribution in [0.1, 0.15) is 48.0 Å². The molecule has 1 amide bonds. The Hall–Kier alpha value is -0.810. The minimum Gasteiger partial charge on any atom is -0.444 e. The summed E-state index contributed by atoms with van der Waals surface area (Å²) in [5.41, 5.74) is -0.552. The molecule has 0 aromatic carbocycles. The summed E-state index contributed by atoms with van der Waals surface area (Å²) in [5, 5.41) is 12.5. The molecular weight excluding hydrogens is 256 g/mol. The fourth-order valence-corrected chi connectivity index (χ4v) is 1.58. The van der Waals surface area contributed by atoms with Crippen LogP contribution in [0.5, 0.6) is 0 Å². The van der Waals surface area contributed by atoms with E-state index >= 15 is 0 Å². The summed E-state index contributed by atoms with van der Waals surface area (Å²) in [5.74, 6) is 0. The largest absolute Gasteiger partial charge is 0.444 e. The second-order valence-corrected chi connectivity index (χ2v) is 6.91. The van der Waals surface area contributed by atoms with E-state index < -0.39 is 5.60 Å². The third-order valence-electron chi connectivity index (χ3n) is 2.85. The van der Waals surface area contributed by atoms with Gasteiger partial charge < -0.3 is 20.1 Å². The summed E-state index contributed by atoms with van der Waals surface area (Å²) in [4.78, 5) is 13.6. The smallest absolute Gasteiger partial charge is 0.410 e. The molecule has 0 aromatic rings. The number of nitrogens with one attached hydrogen (secondary N) is 1. The van der Waals surface area contributed by atoms with Crippen LogP contribution >= 0.6 is 0 Å². The third kappa shape index (κ3) is 9.15. The van der Waals surface area contributed by atoms with E-state index in [9.17, 15) is 4.79 Å². The Labute approximate surface area is 123 Å². The number of amides is 1. The zero-order chi connectivity index (χ0) is 15.8. The molecule has 0 radical (unpaired) electrons. The van der Waals surface area contributed by atoms with Gasteiger partial charge in [-0.3, -0.25) is 0 Å². The van der Waals surface area contributed by atoms with Crippen LogP contribution in [-0.2, 0) is 4.74 Å². The van der Waals surface area contributed by atoms with Gasteiger partial charge in [0.15, 0.2) is 0 Å². The van der Waals surface area contributed by atoms with E-state index in [4.69, 9.17) is 9.84 Å². The highest BCUT2D eigenvalue weighted by atomic mass is 16.6. The Morgan fingerprint density at radius 3 is 2.30 bits per heavy atom. The van der Waals surface area contributed by atoms with Crippen LogP contribution in [0.15, 0.2) is 0 Å². The monoisotopic (exact) mass is 288 g/mol. The number of carbonyl (C=O) groups is 1. The van der Waals surface area contributed by atoms with Crippen molar-refractivity contribution in [2.24, 2.45) is 5.41 Å². The van der Waals surface area contributed by atoms with Crippen molar-refractivity contribution in [1.29, 1.82) is 0 Å². The maximum Gasteiger partial charge on any atom is 0.410 e. The number of ether oxygens (including phenoxy) is 1. The van der Waals surface area contributed by atoms with Gasteiger partial charge in [-0.1, -0.05) is 13.8 Å². The Balaban J connectivity index is 3.94. The molecule has 0 saturated heterocycles. The molecule has 0 fully saturated rings. The summed E-state index contributed by atoms with van der Waals surface area (Å²) >= 11 is 0.